The van der Waals surface area contributed by atoms with Crippen LogP contribution in [-0.2, 0) is 0 Å². The normalized spacial score (nSPS) is 10.7. The predicted molar refractivity (Wildman–Crippen MR) is 77.8 cm³/mol. The Morgan fingerprint density at radius 2 is 2.05 bits per heavy atom. The topological polar surface area (TPSA) is 103 Å². The highest BCUT2D eigenvalue weighted by atomic mass is 35.5. The first-order valence-electron chi connectivity index (χ1n) is 6.02. The zero-order valence-corrected chi connectivity index (χ0v) is 11.4. The number of halogens is 1. The lowest BCUT2D eigenvalue weighted by Gasteiger charge is -2.11. The maximum Gasteiger partial charge on any atom is 0.159 e. The number of phenols is 2. The smallest absolute Gasteiger partial charge is 0.159 e. The van der Waals surface area contributed by atoms with Crippen LogP contribution in [0.2, 0.25) is 5.02 Å². The molecule has 0 spiro atoms. The van der Waals surface area contributed by atoms with Crippen molar-refractivity contribution in [3.05, 3.63) is 35.4 Å². The molecule has 0 bridgehead atoms. The molecule has 3 rings (SSSR count). The first-order valence-corrected chi connectivity index (χ1v) is 6.40. The molecule has 8 heteroatoms. The van der Waals surface area contributed by atoms with Crippen LogP contribution in [0.5, 0.6) is 17.2 Å². The number of fused-ring (bicyclic) bond motifs is 1. The lowest BCUT2D eigenvalue weighted by atomic mass is 10.3. The minimum Gasteiger partial charge on any atom is -0.506 e. The van der Waals surface area contributed by atoms with Gasteiger partial charge in [0.2, 0.25) is 0 Å². The maximum atomic E-state index is 9.69. The van der Waals surface area contributed by atoms with E-state index in [-0.39, 0.29) is 23.3 Å². The van der Waals surface area contributed by atoms with Crippen molar-refractivity contribution in [1.82, 2.24) is 15.4 Å². The molecule has 0 aliphatic rings. The van der Waals surface area contributed by atoms with E-state index < -0.39 is 0 Å². The monoisotopic (exact) mass is 306 g/mol. The van der Waals surface area contributed by atoms with Crippen LogP contribution in [0.3, 0.4) is 0 Å². The molecule has 0 radical (unpaired) electrons. The number of benzene rings is 2. The number of phenolic OH excluding ortho intramolecular Hbond substituents is 2. The molecule has 108 valence electrons. The summed E-state index contributed by atoms with van der Waals surface area (Å²) in [6.45, 7) is 0.0989. The van der Waals surface area contributed by atoms with Crippen LogP contribution in [0.25, 0.3) is 11.0 Å². The molecule has 0 fully saturated rings. The average molecular weight is 307 g/mol. The number of H-pyrrole nitrogens is 1. The second-order valence-electron chi connectivity index (χ2n) is 4.28. The van der Waals surface area contributed by atoms with Crippen LogP contribution >= 0.6 is 11.6 Å². The van der Waals surface area contributed by atoms with Gasteiger partial charge in [-0.25, -0.2) is 0 Å². The summed E-state index contributed by atoms with van der Waals surface area (Å²) in [6, 6.07) is 7.87. The number of aromatic hydroxyl groups is 2. The SMILES string of the molecule is Oc1cc(NCOc2ccc3nn[nH]c3c2)c(O)cc1Cl. The van der Waals surface area contributed by atoms with Crippen molar-refractivity contribution >= 4 is 28.3 Å². The summed E-state index contributed by atoms with van der Waals surface area (Å²) < 4.78 is 5.50. The van der Waals surface area contributed by atoms with Gasteiger partial charge in [0.05, 0.1) is 16.2 Å². The number of nitrogens with zero attached hydrogens (tertiary/aromatic N) is 2. The second kappa shape index (κ2) is 5.37. The quantitative estimate of drug-likeness (QED) is 0.335. The van der Waals surface area contributed by atoms with Gasteiger partial charge in [-0.1, -0.05) is 16.8 Å². The number of nitrogens with one attached hydrogen (secondary N) is 2. The standard InChI is InChI=1S/C13H11ClN4O3/c14-8-4-13(20)11(5-12(8)19)15-6-21-7-1-2-9-10(3-7)17-18-16-9/h1-5,15,19-20H,6H2,(H,16,17,18). The Morgan fingerprint density at radius 3 is 2.90 bits per heavy atom. The van der Waals surface area contributed by atoms with E-state index in [1.54, 1.807) is 18.2 Å². The van der Waals surface area contributed by atoms with E-state index >= 15 is 0 Å². The zero-order chi connectivity index (χ0) is 14.8. The molecule has 0 amide bonds. The van der Waals surface area contributed by atoms with Gasteiger partial charge in [-0.3, -0.25) is 5.10 Å². The zero-order valence-electron chi connectivity index (χ0n) is 10.7. The lowest BCUT2D eigenvalue weighted by molar-refractivity contribution is 0.346. The number of ether oxygens (including phenoxy) is 1. The van der Waals surface area contributed by atoms with Crippen LogP contribution in [0, 0.1) is 0 Å². The molecule has 2 aromatic carbocycles. The number of anilines is 1. The number of hydrogen-bond acceptors (Lipinski definition) is 6. The Morgan fingerprint density at radius 1 is 1.19 bits per heavy atom. The molecule has 0 aliphatic carbocycles. The van der Waals surface area contributed by atoms with E-state index in [1.165, 1.54) is 12.1 Å². The van der Waals surface area contributed by atoms with Crippen molar-refractivity contribution < 1.29 is 14.9 Å². The number of aromatic nitrogens is 3. The molecule has 4 N–H and O–H groups in total. The van der Waals surface area contributed by atoms with Crippen molar-refractivity contribution in [2.45, 2.75) is 0 Å². The third-order valence-electron chi connectivity index (χ3n) is 2.86. The summed E-state index contributed by atoms with van der Waals surface area (Å²) in [6.07, 6.45) is 0. The average Bonchev–Trinajstić information content (AvgIpc) is 2.92. The van der Waals surface area contributed by atoms with E-state index in [4.69, 9.17) is 16.3 Å². The minimum absolute atomic E-state index is 0.0744. The molecule has 0 saturated heterocycles. The summed E-state index contributed by atoms with van der Waals surface area (Å²) in [5.74, 6) is 0.412. The molecule has 3 aromatic rings. The van der Waals surface area contributed by atoms with Crippen molar-refractivity contribution in [3.63, 3.8) is 0 Å². The third kappa shape index (κ3) is 2.77. The van der Waals surface area contributed by atoms with Crippen LogP contribution < -0.4 is 10.1 Å². The number of rotatable bonds is 4. The molecule has 7 nitrogen and oxygen atoms in total. The Bertz CT molecular complexity index is 790. The highest BCUT2D eigenvalue weighted by Gasteiger charge is 2.07. The summed E-state index contributed by atoms with van der Waals surface area (Å²) in [4.78, 5) is 0. The van der Waals surface area contributed by atoms with E-state index in [9.17, 15) is 10.2 Å². The summed E-state index contributed by atoms with van der Waals surface area (Å²) in [7, 11) is 0. The third-order valence-corrected chi connectivity index (χ3v) is 3.17. The van der Waals surface area contributed by atoms with Gasteiger partial charge in [0.1, 0.15) is 22.8 Å². The highest BCUT2D eigenvalue weighted by molar-refractivity contribution is 6.32. The van der Waals surface area contributed by atoms with Gasteiger partial charge >= 0.3 is 0 Å². The fourth-order valence-electron chi connectivity index (χ4n) is 1.80. The highest BCUT2D eigenvalue weighted by Crippen LogP contribution is 2.34. The minimum atomic E-state index is -0.123. The van der Waals surface area contributed by atoms with E-state index in [1.807, 2.05) is 0 Å². The Hall–Kier alpha value is -2.67. The van der Waals surface area contributed by atoms with Crippen molar-refractivity contribution in [2.24, 2.45) is 0 Å². The van der Waals surface area contributed by atoms with Gasteiger partial charge in [0.15, 0.2) is 6.73 Å². The van der Waals surface area contributed by atoms with Crippen LogP contribution in [0.15, 0.2) is 30.3 Å². The van der Waals surface area contributed by atoms with Gasteiger partial charge in [0.25, 0.3) is 0 Å². The van der Waals surface area contributed by atoms with Gasteiger partial charge in [-0.2, -0.15) is 0 Å². The second-order valence-corrected chi connectivity index (χ2v) is 4.68. The molecular formula is C13H11ClN4O3. The van der Waals surface area contributed by atoms with Crippen molar-refractivity contribution in [2.75, 3.05) is 12.0 Å². The van der Waals surface area contributed by atoms with Gasteiger partial charge in [-0.05, 0) is 12.1 Å². The molecule has 21 heavy (non-hydrogen) atoms. The van der Waals surface area contributed by atoms with Crippen molar-refractivity contribution in [3.8, 4) is 17.2 Å². The Kier molecular flexibility index (Phi) is 3.41. The molecule has 1 heterocycles. The molecular weight excluding hydrogens is 296 g/mol. The first kappa shape index (κ1) is 13.3. The van der Waals surface area contributed by atoms with Gasteiger partial charge < -0.3 is 20.3 Å². The fourth-order valence-corrected chi connectivity index (χ4v) is 1.96. The van der Waals surface area contributed by atoms with Gasteiger partial charge in [-0.15, -0.1) is 5.10 Å². The molecule has 0 unspecified atom stereocenters. The maximum absolute atomic E-state index is 9.69. The summed E-state index contributed by atoms with van der Waals surface area (Å²) >= 11 is 5.68. The van der Waals surface area contributed by atoms with Crippen LogP contribution in [-0.4, -0.2) is 32.4 Å². The number of aromatic amines is 1. The molecule has 1 aromatic heterocycles. The van der Waals surface area contributed by atoms with Crippen LogP contribution in [0.4, 0.5) is 5.69 Å². The fraction of sp³-hybridized carbons (Fsp3) is 0.0769. The summed E-state index contributed by atoms with van der Waals surface area (Å²) in [5, 5.41) is 32.4. The Labute approximate surface area is 124 Å². The van der Waals surface area contributed by atoms with E-state index in [0.717, 1.165) is 11.0 Å². The Balaban J connectivity index is 1.67. The molecule has 0 atom stereocenters. The van der Waals surface area contributed by atoms with Crippen LogP contribution in [0.1, 0.15) is 0 Å². The van der Waals surface area contributed by atoms with Gasteiger partial charge in [0, 0.05) is 18.2 Å². The first-order chi connectivity index (χ1) is 10.1. The van der Waals surface area contributed by atoms with E-state index in [2.05, 4.69) is 20.7 Å². The largest absolute Gasteiger partial charge is 0.506 e. The van der Waals surface area contributed by atoms with Crippen molar-refractivity contribution in [1.29, 1.82) is 0 Å². The number of hydrogen-bond donors (Lipinski definition) is 4. The molecule has 0 saturated carbocycles. The van der Waals surface area contributed by atoms with E-state index in [0.29, 0.717) is 11.4 Å². The summed E-state index contributed by atoms with van der Waals surface area (Å²) in [5.41, 5.74) is 1.83. The lowest BCUT2D eigenvalue weighted by Crippen LogP contribution is -2.08. The molecule has 0 aliphatic heterocycles. The predicted octanol–water partition coefficient (Wildman–Crippen LogP) is 2.47.